The van der Waals surface area contributed by atoms with Gasteiger partial charge >= 0.3 is 0 Å². The highest BCUT2D eigenvalue weighted by Gasteiger charge is 2.18. The minimum atomic E-state index is -0.947. The Morgan fingerprint density at radius 3 is 2.00 bits per heavy atom. The minimum Gasteiger partial charge on any atom is -0.353 e. The first-order valence-corrected chi connectivity index (χ1v) is 11.8. The lowest BCUT2D eigenvalue weighted by Gasteiger charge is -2.29. The Labute approximate surface area is 101 Å². The van der Waals surface area contributed by atoms with Crippen LogP contribution in [0.4, 0.5) is 0 Å². The summed E-state index contributed by atoms with van der Waals surface area (Å²) in [7, 11) is 1.50. The summed E-state index contributed by atoms with van der Waals surface area (Å²) in [6.45, 7) is 9.67. The molecular formula is C12H31NSi2. The monoisotopic (exact) mass is 245 g/mol. The van der Waals surface area contributed by atoms with E-state index in [-0.39, 0.29) is 9.68 Å². The fraction of sp³-hybridized carbons (Fsp3) is 1.00. The van der Waals surface area contributed by atoms with Gasteiger partial charge in [-0.25, -0.2) is 0 Å². The van der Waals surface area contributed by atoms with Crippen LogP contribution in [0.5, 0.6) is 0 Å². The minimum absolute atomic E-state index is 0.0871. The largest absolute Gasteiger partial charge is 0.353 e. The van der Waals surface area contributed by atoms with Crippen LogP contribution in [0.25, 0.3) is 0 Å². The van der Waals surface area contributed by atoms with Gasteiger partial charge in [0.1, 0.15) is 8.24 Å². The fourth-order valence-electron chi connectivity index (χ4n) is 1.64. The molecule has 92 valence electrons. The third-order valence-corrected chi connectivity index (χ3v) is 10.5. The molecule has 0 aromatic rings. The molecule has 0 fully saturated rings. The highest BCUT2D eigenvalue weighted by Crippen LogP contribution is 2.10. The second kappa shape index (κ2) is 8.53. The number of rotatable bonds is 9. The standard InChI is InChI=1S/C12H31NSi2/c1-6-7-8-9-10-11-12-14-13(2)15(3,4)5/h6-12,14H2,1-5H3. The van der Waals surface area contributed by atoms with Crippen molar-refractivity contribution in [2.24, 2.45) is 0 Å². The molecule has 0 aliphatic heterocycles. The van der Waals surface area contributed by atoms with Gasteiger partial charge < -0.3 is 4.23 Å². The van der Waals surface area contributed by atoms with E-state index in [4.69, 9.17) is 0 Å². The Morgan fingerprint density at radius 2 is 1.47 bits per heavy atom. The Bertz CT molecular complexity index is 143. The maximum absolute atomic E-state index is 2.74. The second-order valence-electron chi connectivity index (χ2n) is 5.71. The van der Waals surface area contributed by atoms with Gasteiger partial charge in [-0.15, -0.1) is 0 Å². The van der Waals surface area contributed by atoms with Gasteiger partial charge in [0.25, 0.3) is 0 Å². The van der Waals surface area contributed by atoms with E-state index in [0.717, 1.165) is 0 Å². The van der Waals surface area contributed by atoms with E-state index in [0.29, 0.717) is 0 Å². The first kappa shape index (κ1) is 15.4. The first-order chi connectivity index (χ1) is 6.98. The predicted octanol–water partition coefficient (Wildman–Crippen LogP) is 3.62. The summed E-state index contributed by atoms with van der Waals surface area (Å²) in [6, 6.07) is 1.53. The molecule has 0 unspecified atom stereocenters. The zero-order valence-corrected chi connectivity index (χ0v) is 14.0. The Hall–Kier alpha value is 0.394. The zero-order valence-electron chi connectivity index (χ0n) is 11.6. The molecule has 0 saturated heterocycles. The van der Waals surface area contributed by atoms with Crippen LogP contribution in [0.1, 0.15) is 45.4 Å². The van der Waals surface area contributed by atoms with E-state index in [1.54, 1.807) is 0 Å². The SMILES string of the molecule is CCCCCCCC[SiH2]N(C)[Si](C)(C)C. The van der Waals surface area contributed by atoms with Gasteiger partial charge in [-0.2, -0.15) is 0 Å². The average Bonchev–Trinajstić information content (AvgIpc) is 2.14. The molecule has 3 heteroatoms. The maximum Gasteiger partial charge on any atom is 0.111 e. The summed E-state index contributed by atoms with van der Waals surface area (Å²) in [5, 5.41) is 0. The maximum atomic E-state index is 2.74. The lowest BCUT2D eigenvalue weighted by molar-refractivity contribution is 0.620. The van der Waals surface area contributed by atoms with Crippen molar-refractivity contribution in [3.63, 3.8) is 0 Å². The molecule has 1 nitrogen and oxygen atoms in total. The van der Waals surface area contributed by atoms with Gasteiger partial charge in [0.05, 0.1) is 9.68 Å². The molecule has 0 amide bonds. The van der Waals surface area contributed by atoms with Crippen LogP contribution in [-0.2, 0) is 0 Å². The van der Waals surface area contributed by atoms with Gasteiger partial charge in [0.2, 0.25) is 0 Å². The van der Waals surface area contributed by atoms with E-state index in [9.17, 15) is 0 Å². The van der Waals surface area contributed by atoms with Gasteiger partial charge in [-0.05, 0) is 7.05 Å². The Kier molecular flexibility index (Phi) is 8.76. The Balaban J connectivity index is 3.24. The fourth-order valence-corrected chi connectivity index (χ4v) is 5.85. The topological polar surface area (TPSA) is 3.24 Å². The molecule has 0 bridgehead atoms. The second-order valence-corrected chi connectivity index (χ2v) is 13.6. The van der Waals surface area contributed by atoms with Crippen molar-refractivity contribution in [2.75, 3.05) is 7.05 Å². The van der Waals surface area contributed by atoms with Crippen LogP contribution in [0, 0.1) is 0 Å². The van der Waals surface area contributed by atoms with E-state index in [1.165, 1.54) is 44.6 Å². The van der Waals surface area contributed by atoms with Gasteiger partial charge in [0, 0.05) is 0 Å². The van der Waals surface area contributed by atoms with E-state index < -0.39 is 8.24 Å². The van der Waals surface area contributed by atoms with Crippen molar-refractivity contribution in [3.8, 4) is 0 Å². The van der Waals surface area contributed by atoms with Crippen molar-refractivity contribution < 1.29 is 0 Å². The number of unbranched alkanes of at least 4 members (excludes halogenated alkanes) is 5. The van der Waals surface area contributed by atoms with Gasteiger partial charge in [0.15, 0.2) is 0 Å². The normalized spacial score (nSPS) is 13.2. The first-order valence-electron chi connectivity index (χ1n) is 6.69. The summed E-state index contributed by atoms with van der Waals surface area (Å²) >= 11 is 0. The number of hydrogen-bond acceptors (Lipinski definition) is 1. The summed E-state index contributed by atoms with van der Waals surface area (Å²) in [5.41, 5.74) is 0. The summed E-state index contributed by atoms with van der Waals surface area (Å²) < 4.78 is 2.74. The van der Waals surface area contributed by atoms with Gasteiger partial charge in [-0.1, -0.05) is 71.1 Å². The van der Waals surface area contributed by atoms with Crippen LogP contribution < -0.4 is 0 Å². The molecular weight excluding hydrogens is 214 g/mol. The van der Waals surface area contributed by atoms with Crippen LogP contribution in [-0.4, -0.2) is 29.2 Å². The highest BCUT2D eigenvalue weighted by atomic mass is 28.4. The highest BCUT2D eigenvalue weighted by molar-refractivity contribution is 6.78. The van der Waals surface area contributed by atoms with E-state index in [2.05, 4.69) is 37.8 Å². The number of nitrogens with zero attached hydrogens (tertiary/aromatic N) is 1. The predicted molar refractivity (Wildman–Crippen MR) is 77.8 cm³/mol. The molecule has 0 aliphatic rings. The van der Waals surface area contributed by atoms with Crippen LogP contribution in [0.3, 0.4) is 0 Å². The van der Waals surface area contributed by atoms with Crippen molar-refractivity contribution in [1.29, 1.82) is 0 Å². The van der Waals surface area contributed by atoms with Crippen LogP contribution in [0.2, 0.25) is 25.7 Å². The smallest absolute Gasteiger partial charge is 0.111 e. The van der Waals surface area contributed by atoms with Crippen LogP contribution in [0.15, 0.2) is 0 Å². The molecule has 0 heterocycles. The van der Waals surface area contributed by atoms with E-state index >= 15 is 0 Å². The molecule has 0 atom stereocenters. The molecule has 15 heavy (non-hydrogen) atoms. The van der Waals surface area contributed by atoms with Crippen LogP contribution >= 0.6 is 0 Å². The van der Waals surface area contributed by atoms with Crippen molar-refractivity contribution in [3.05, 3.63) is 0 Å². The summed E-state index contributed by atoms with van der Waals surface area (Å²) in [5.74, 6) is 0. The summed E-state index contributed by atoms with van der Waals surface area (Å²) in [4.78, 5) is 0. The van der Waals surface area contributed by atoms with E-state index in [1.807, 2.05) is 0 Å². The zero-order chi connectivity index (χ0) is 11.7. The molecule has 0 aromatic carbocycles. The quantitative estimate of drug-likeness (QED) is 0.443. The molecule has 0 saturated carbocycles. The molecule has 0 aromatic heterocycles. The lowest BCUT2D eigenvalue weighted by Crippen LogP contribution is -2.45. The molecule has 0 aliphatic carbocycles. The number of hydrogen-bond donors (Lipinski definition) is 0. The third-order valence-electron chi connectivity index (χ3n) is 3.24. The van der Waals surface area contributed by atoms with Crippen molar-refractivity contribution in [1.82, 2.24) is 4.23 Å². The molecule has 0 rings (SSSR count). The summed E-state index contributed by atoms with van der Waals surface area (Å²) in [6.07, 6.45) is 8.71. The van der Waals surface area contributed by atoms with Crippen molar-refractivity contribution >= 4 is 17.9 Å². The lowest BCUT2D eigenvalue weighted by atomic mass is 10.1. The van der Waals surface area contributed by atoms with Gasteiger partial charge in [-0.3, -0.25) is 0 Å². The Morgan fingerprint density at radius 1 is 0.933 bits per heavy atom. The molecule has 0 spiro atoms. The van der Waals surface area contributed by atoms with Crippen molar-refractivity contribution in [2.45, 2.75) is 71.1 Å². The molecule has 0 N–H and O–H groups in total. The average molecular weight is 246 g/mol. The third kappa shape index (κ3) is 9.33. The molecule has 0 radical (unpaired) electrons.